The SMILES string of the molecule is CCCCCCCCCCCCC/C=C/C=C/C(=O)OCC(COP(=O)(O)OC1C(O)C(O)C(O)C(O)C1OC1OC(CO)C(O)C(O)C1O)OC(=O)CCCCCCCCCCCCCCCCCC. The van der Waals surface area contributed by atoms with Crippen molar-refractivity contribution in [2.45, 2.75) is 273 Å². The average molecular weight is 1040 g/mol. The molecular formula is C52H95O18P. The maximum Gasteiger partial charge on any atom is 0.472 e. The smallest absolute Gasteiger partial charge is 0.458 e. The number of hydrogen-bond acceptors (Lipinski definition) is 17. The highest BCUT2D eigenvalue weighted by Gasteiger charge is 2.55. The van der Waals surface area contributed by atoms with Gasteiger partial charge in [0.15, 0.2) is 12.4 Å². The van der Waals surface area contributed by atoms with Crippen LogP contribution in [0.3, 0.4) is 0 Å². The standard InChI is InChI=1S/C52H95O18P/c1-3-5-7-9-11-13-15-17-19-21-23-25-27-29-31-33-35-42(55)67-39(37-65-41(54)34-32-30-28-26-24-22-20-18-16-14-12-10-8-6-4-2)38-66-71(63,64)70-51-48(61)46(59)45(58)47(60)50(51)69-52-49(62)44(57)43(56)40(36-53)68-52/h28,30,32,34,39-40,43-53,56-62H,3-27,29,31,33,35-38H2,1-2H3,(H,63,64)/b30-28+,34-32+. The molecule has 1 saturated carbocycles. The maximum atomic E-state index is 13.4. The Morgan fingerprint density at radius 2 is 1.01 bits per heavy atom. The molecule has 0 aromatic rings. The zero-order chi connectivity index (χ0) is 52.3. The zero-order valence-electron chi connectivity index (χ0n) is 43.0. The van der Waals surface area contributed by atoms with Crippen molar-refractivity contribution in [3.63, 3.8) is 0 Å². The number of allylic oxidation sites excluding steroid dienone is 3. The summed E-state index contributed by atoms with van der Waals surface area (Å²) in [7, 11) is -5.39. The molecule has 18 nitrogen and oxygen atoms in total. The number of hydrogen-bond donors (Lipinski definition) is 9. The number of aliphatic hydroxyl groups excluding tert-OH is 8. The van der Waals surface area contributed by atoms with Crippen molar-refractivity contribution in [2.24, 2.45) is 0 Å². The Morgan fingerprint density at radius 1 is 0.563 bits per heavy atom. The first-order valence-electron chi connectivity index (χ1n) is 27.2. The first-order chi connectivity index (χ1) is 34.2. The molecule has 0 radical (unpaired) electrons. The Labute approximate surface area is 424 Å². The Hall–Kier alpha value is -1.87. The minimum absolute atomic E-state index is 0.0172. The monoisotopic (exact) mass is 1040 g/mol. The summed E-state index contributed by atoms with van der Waals surface area (Å²) in [6, 6.07) is 0. The molecule has 0 aromatic carbocycles. The summed E-state index contributed by atoms with van der Waals surface area (Å²) in [5, 5.41) is 83.0. The Bertz CT molecular complexity index is 1470. The van der Waals surface area contributed by atoms with E-state index in [-0.39, 0.29) is 6.42 Å². The molecule has 19 heteroatoms. The summed E-state index contributed by atoms with van der Waals surface area (Å²) in [4.78, 5) is 36.5. The van der Waals surface area contributed by atoms with Gasteiger partial charge in [0.2, 0.25) is 0 Å². The van der Waals surface area contributed by atoms with E-state index in [1.807, 2.05) is 6.08 Å². The summed E-state index contributed by atoms with van der Waals surface area (Å²) in [6.07, 6.45) is 16.0. The van der Waals surface area contributed by atoms with Crippen LogP contribution in [0, 0.1) is 0 Å². The molecular weight excluding hydrogens is 944 g/mol. The molecule has 416 valence electrons. The van der Waals surface area contributed by atoms with Crippen molar-refractivity contribution >= 4 is 19.8 Å². The molecule has 0 spiro atoms. The number of ether oxygens (including phenoxy) is 4. The summed E-state index contributed by atoms with van der Waals surface area (Å²) >= 11 is 0. The van der Waals surface area contributed by atoms with Gasteiger partial charge in [-0.3, -0.25) is 13.8 Å². The van der Waals surface area contributed by atoms with Gasteiger partial charge >= 0.3 is 19.8 Å². The van der Waals surface area contributed by atoms with Crippen LogP contribution in [0.1, 0.15) is 200 Å². The molecule has 0 aromatic heterocycles. The van der Waals surface area contributed by atoms with Gasteiger partial charge in [-0.05, 0) is 19.3 Å². The minimum atomic E-state index is -5.39. The van der Waals surface area contributed by atoms with E-state index in [1.165, 1.54) is 141 Å². The molecule has 1 saturated heterocycles. The van der Waals surface area contributed by atoms with Crippen molar-refractivity contribution in [2.75, 3.05) is 19.8 Å². The molecule has 2 fully saturated rings. The van der Waals surface area contributed by atoms with Crippen LogP contribution in [-0.4, -0.2) is 151 Å². The van der Waals surface area contributed by atoms with Crippen LogP contribution >= 0.6 is 7.82 Å². The van der Waals surface area contributed by atoms with Crippen LogP contribution in [0.5, 0.6) is 0 Å². The minimum Gasteiger partial charge on any atom is -0.458 e. The lowest BCUT2D eigenvalue weighted by Gasteiger charge is -2.47. The molecule has 71 heavy (non-hydrogen) atoms. The molecule has 9 N–H and O–H groups in total. The molecule has 1 heterocycles. The van der Waals surface area contributed by atoms with Crippen molar-refractivity contribution in [3.8, 4) is 0 Å². The van der Waals surface area contributed by atoms with E-state index < -0.39 is 113 Å². The second-order valence-corrected chi connectivity index (χ2v) is 20.9. The number of carbonyl (C=O) groups excluding carboxylic acids is 2. The lowest BCUT2D eigenvalue weighted by Crippen LogP contribution is -2.67. The predicted octanol–water partition coefficient (Wildman–Crippen LogP) is 7.05. The molecule has 13 atom stereocenters. The van der Waals surface area contributed by atoms with Gasteiger partial charge in [-0.2, -0.15) is 0 Å². The Morgan fingerprint density at radius 3 is 1.51 bits per heavy atom. The molecule has 0 bridgehead atoms. The third kappa shape index (κ3) is 28.0. The summed E-state index contributed by atoms with van der Waals surface area (Å²) in [5.74, 6) is -1.46. The largest absolute Gasteiger partial charge is 0.472 e. The van der Waals surface area contributed by atoms with Crippen LogP contribution in [0.15, 0.2) is 24.3 Å². The second kappa shape index (κ2) is 39.5. The first-order valence-corrected chi connectivity index (χ1v) is 28.7. The van der Waals surface area contributed by atoms with E-state index in [1.54, 1.807) is 6.08 Å². The van der Waals surface area contributed by atoms with Crippen molar-refractivity contribution in [1.82, 2.24) is 0 Å². The van der Waals surface area contributed by atoms with Gasteiger partial charge in [0, 0.05) is 12.5 Å². The number of unbranched alkanes of at least 4 members (excludes halogenated alkanes) is 26. The van der Waals surface area contributed by atoms with Crippen molar-refractivity contribution in [1.29, 1.82) is 0 Å². The highest BCUT2D eigenvalue weighted by atomic mass is 31.2. The van der Waals surface area contributed by atoms with Crippen molar-refractivity contribution in [3.05, 3.63) is 24.3 Å². The number of phosphoric ester groups is 1. The number of aliphatic hydroxyl groups is 8. The number of carbonyl (C=O) groups is 2. The van der Waals surface area contributed by atoms with E-state index in [2.05, 4.69) is 13.8 Å². The number of rotatable bonds is 42. The lowest BCUT2D eigenvalue weighted by atomic mass is 9.84. The Balaban J connectivity index is 1.94. The summed E-state index contributed by atoms with van der Waals surface area (Å²) < 4.78 is 45.3. The van der Waals surface area contributed by atoms with Crippen LogP contribution in [0.4, 0.5) is 0 Å². The summed E-state index contributed by atoms with van der Waals surface area (Å²) in [5.41, 5.74) is 0. The van der Waals surface area contributed by atoms with Gasteiger partial charge in [-0.25, -0.2) is 9.36 Å². The fourth-order valence-corrected chi connectivity index (χ4v) is 9.76. The van der Waals surface area contributed by atoms with Gasteiger partial charge in [0.1, 0.15) is 67.6 Å². The third-order valence-corrected chi connectivity index (χ3v) is 14.2. The number of phosphoric acid groups is 1. The van der Waals surface area contributed by atoms with E-state index in [4.69, 9.17) is 28.0 Å². The first kappa shape index (κ1) is 65.2. The lowest BCUT2D eigenvalue weighted by molar-refractivity contribution is -0.338. The molecule has 2 aliphatic rings. The normalized spacial score (nSPS) is 27.3. The van der Waals surface area contributed by atoms with Crippen LogP contribution in [0.25, 0.3) is 0 Å². The zero-order valence-corrected chi connectivity index (χ0v) is 43.9. The summed E-state index contributed by atoms with van der Waals surface area (Å²) in [6.45, 7) is 2.14. The van der Waals surface area contributed by atoms with Crippen LogP contribution in [-0.2, 0) is 42.1 Å². The van der Waals surface area contributed by atoms with E-state index in [9.17, 15) is 59.9 Å². The quantitative estimate of drug-likeness (QED) is 0.00973. The fraction of sp³-hybridized carbons (Fsp3) is 0.885. The van der Waals surface area contributed by atoms with Crippen LogP contribution < -0.4 is 0 Å². The number of esters is 2. The highest BCUT2D eigenvalue weighted by molar-refractivity contribution is 7.47. The molecule has 2 rings (SSSR count). The van der Waals surface area contributed by atoms with E-state index >= 15 is 0 Å². The van der Waals surface area contributed by atoms with Gasteiger partial charge < -0.3 is 64.7 Å². The highest BCUT2D eigenvalue weighted by Crippen LogP contribution is 2.48. The van der Waals surface area contributed by atoms with Gasteiger partial charge in [-0.15, -0.1) is 0 Å². The van der Waals surface area contributed by atoms with Crippen LogP contribution in [0.2, 0.25) is 0 Å². The van der Waals surface area contributed by atoms with Gasteiger partial charge in [0.25, 0.3) is 0 Å². The topological polar surface area (TPSA) is 289 Å². The molecule has 1 aliphatic carbocycles. The molecule has 0 amide bonds. The average Bonchev–Trinajstić information content (AvgIpc) is 3.35. The molecule has 1 aliphatic heterocycles. The van der Waals surface area contributed by atoms with Gasteiger partial charge in [0.05, 0.1) is 13.2 Å². The van der Waals surface area contributed by atoms with E-state index in [0.29, 0.717) is 6.42 Å². The predicted molar refractivity (Wildman–Crippen MR) is 268 cm³/mol. The Kier molecular flexibility index (Phi) is 36.3. The molecule has 13 unspecified atom stereocenters. The maximum absolute atomic E-state index is 13.4. The van der Waals surface area contributed by atoms with E-state index in [0.717, 1.165) is 44.9 Å². The third-order valence-electron chi connectivity index (χ3n) is 13.3. The second-order valence-electron chi connectivity index (χ2n) is 19.5. The fourth-order valence-electron chi connectivity index (χ4n) is 8.79. The van der Waals surface area contributed by atoms with Gasteiger partial charge in [-0.1, -0.05) is 193 Å². The van der Waals surface area contributed by atoms with Crippen molar-refractivity contribution < 1.29 is 87.9 Å².